The number of halogens is 2. The largest absolute Gasteiger partial charge is 0.369 e. The topological polar surface area (TPSA) is 29.3 Å². The summed E-state index contributed by atoms with van der Waals surface area (Å²) in [6.07, 6.45) is 1.12. The number of benzene rings is 1. The monoisotopic (exact) mass is 244 g/mol. The van der Waals surface area contributed by atoms with Crippen LogP contribution < -0.4 is 10.6 Å². The predicted octanol–water partition coefficient (Wildman–Crippen LogP) is 2.78. The molecule has 0 radical (unpaired) electrons. The average molecular weight is 245 g/mol. The minimum atomic E-state index is 0.567. The van der Waals surface area contributed by atoms with Crippen molar-refractivity contribution >= 4 is 28.9 Å². The van der Waals surface area contributed by atoms with Crippen LogP contribution in [0.4, 0.5) is 5.69 Å². The van der Waals surface area contributed by atoms with Crippen molar-refractivity contribution in [2.45, 2.75) is 6.42 Å². The van der Waals surface area contributed by atoms with E-state index in [0.29, 0.717) is 5.92 Å². The number of anilines is 1. The Balaban J connectivity index is 2.23. The number of rotatable bonds is 2. The Morgan fingerprint density at radius 1 is 1.33 bits per heavy atom. The molecule has 0 saturated carbocycles. The van der Waals surface area contributed by atoms with Gasteiger partial charge in [0, 0.05) is 13.1 Å². The molecule has 0 bridgehead atoms. The van der Waals surface area contributed by atoms with Crippen LogP contribution in [0.5, 0.6) is 0 Å². The van der Waals surface area contributed by atoms with Gasteiger partial charge in [-0.05, 0) is 31.0 Å². The van der Waals surface area contributed by atoms with E-state index in [2.05, 4.69) is 4.90 Å². The van der Waals surface area contributed by atoms with Gasteiger partial charge in [0.25, 0.3) is 0 Å². The lowest BCUT2D eigenvalue weighted by atomic mass is 10.1. The lowest BCUT2D eigenvalue weighted by Crippen LogP contribution is -2.23. The zero-order valence-electron chi connectivity index (χ0n) is 8.42. The van der Waals surface area contributed by atoms with Crippen LogP contribution in [0, 0.1) is 5.92 Å². The second-order valence-corrected chi connectivity index (χ2v) is 4.72. The summed E-state index contributed by atoms with van der Waals surface area (Å²) < 4.78 is 0. The molecular weight excluding hydrogens is 231 g/mol. The van der Waals surface area contributed by atoms with E-state index in [1.165, 1.54) is 0 Å². The molecule has 1 aromatic carbocycles. The first-order valence-electron chi connectivity index (χ1n) is 5.11. The highest BCUT2D eigenvalue weighted by Gasteiger charge is 2.24. The maximum absolute atomic E-state index is 6.14. The van der Waals surface area contributed by atoms with Crippen molar-refractivity contribution in [3.8, 4) is 0 Å². The summed E-state index contributed by atoms with van der Waals surface area (Å²) in [5.41, 5.74) is 6.61. The third kappa shape index (κ3) is 2.22. The highest BCUT2D eigenvalue weighted by atomic mass is 35.5. The van der Waals surface area contributed by atoms with Crippen molar-refractivity contribution in [2.75, 3.05) is 24.5 Å². The van der Waals surface area contributed by atoms with Crippen LogP contribution in [-0.4, -0.2) is 19.6 Å². The Labute approximate surface area is 100.0 Å². The number of hydrogen-bond donors (Lipinski definition) is 1. The predicted molar refractivity (Wildman–Crippen MR) is 65.8 cm³/mol. The highest BCUT2D eigenvalue weighted by molar-refractivity contribution is 6.39. The molecule has 1 saturated heterocycles. The Bertz CT molecular complexity index is 334. The maximum Gasteiger partial charge on any atom is 0.0745 e. The molecule has 4 heteroatoms. The van der Waals surface area contributed by atoms with Crippen molar-refractivity contribution < 1.29 is 0 Å². The van der Waals surface area contributed by atoms with Crippen molar-refractivity contribution in [1.29, 1.82) is 0 Å². The van der Waals surface area contributed by atoms with E-state index in [1.807, 2.05) is 18.2 Å². The van der Waals surface area contributed by atoms with Crippen molar-refractivity contribution in [2.24, 2.45) is 11.7 Å². The summed E-state index contributed by atoms with van der Waals surface area (Å²) in [7, 11) is 0. The number of para-hydroxylation sites is 1. The van der Waals surface area contributed by atoms with Gasteiger partial charge in [0.2, 0.25) is 0 Å². The lowest BCUT2D eigenvalue weighted by molar-refractivity contribution is 0.603. The van der Waals surface area contributed by atoms with Gasteiger partial charge in [-0.15, -0.1) is 0 Å². The molecule has 2 nitrogen and oxygen atoms in total. The molecule has 0 aromatic heterocycles. The minimum Gasteiger partial charge on any atom is -0.369 e. The van der Waals surface area contributed by atoms with Crippen LogP contribution in [0.2, 0.25) is 10.0 Å². The summed E-state index contributed by atoms with van der Waals surface area (Å²) in [6.45, 7) is 2.68. The number of nitrogens with two attached hydrogens (primary N) is 1. The van der Waals surface area contributed by atoms with Gasteiger partial charge < -0.3 is 10.6 Å². The fraction of sp³-hybridized carbons (Fsp3) is 0.455. The standard InChI is InChI=1S/C11H14Cl2N2/c12-9-2-1-3-10(13)11(9)15-5-4-8(6-14)7-15/h1-3,8H,4-7,14H2. The minimum absolute atomic E-state index is 0.567. The van der Waals surface area contributed by atoms with Crippen molar-refractivity contribution in [3.63, 3.8) is 0 Å². The van der Waals surface area contributed by atoms with Crippen molar-refractivity contribution in [1.82, 2.24) is 0 Å². The molecule has 1 fully saturated rings. The summed E-state index contributed by atoms with van der Waals surface area (Å²) >= 11 is 12.3. The third-order valence-electron chi connectivity index (χ3n) is 2.87. The van der Waals surface area contributed by atoms with E-state index in [4.69, 9.17) is 28.9 Å². The molecule has 82 valence electrons. The fourth-order valence-electron chi connectivity index (χ4n) is 2.02. The number of hydrogen-bond acceptors (Lipinski definition) is 2. The molecule has 1 aliphatic rings. The molecule has 1 heterocycles. The fourth-order valence-corrected chi connectivity index (χ4v) is 2.66. The van der Waals surface area contributed by atoms with Crippen LogP contribution in [0.1, 0.15) is 6.42 Å². The maximum atomic E-state index is 6.14. The zero-order valence-corrected chi connectivity index (χ0v) is 9.93. The molecule has 0 aliphatic carbocycles. The third-order valence-corrected chi connectivity index (χ3v) is 3.48. The Morgan fingerprint density at radius 2 is 2.00 bits per heavy atom. The molecular formula is C11H14Cl2N2. The van der Waals surface area contributed by atoms with E-state index in [1.54, 1.807) is 0 Å². The van der Waals surface area contributed by atoms with Crippen LogP contribution in [0.3, 0.4) is 0 Å². The van der Waals surface area contributed by atoms with Gasteiger partial charge in [-0.3, -0.25) is 0 Å². The van der Waals surface area contributed by atoms with E-state index in [9.17, 15) is 0 Å². The Hall–Kier alpha value is -0.440. The summed E-state index contributed by atoms with van der Waals surface area (Å²) in [6, 6.07) is 5.61. The van der Waals surface area contributed by atoms with E-state index in [-0.39, 0.29) is 0 Å². The molecule has 2 N–H and O–H groups in total. The van der Waals surface area contributed by atoms with Gasteiger partial charge in [0.1, 0.15) is 0 Å². The molecule has 15 heavy (non-hydrogen) atoms. The first-order valence-corrected chi connectivity index (χ1v) is 5.87. The van der Waals surface area contributed by atoms with E-state index < -0.39 is 0 Å². The quantitative estimate of drug-likeness (QED) is 0.868. The van der Waals surface area contributed by atoms with Gasteiger partial charge in [-0.1, -0.05) is 29.3 Å². The smallest absolute Gasteiger partial charge is 0.0745 e. The molecule has 1 atom stereocenters. The van der Waals surface area contributed by atoms with Crippen LogP contribution in [0.25, 0.3) is 0 Å². The summed E-state index contributed by atoms with van der Waals surface area (Å²) in [4.78, 5) is 2.22. The SMILES string of the molecule is NCC1CCN(c2c(Cl)cccc2Cl)C1. The highest BCUT2D eigenvalue weighted by Crippen LogP contribution is 2.36. The van der Waals surface area contributed by atoms with Gasteiger partial charge in [0.15, 0.2) is 0 Å². The molecule has 2 rings (SSSR count). The first-order chi connectivity index (χ1) is 7.22. The normalized spacial score (nSPS) is 21.0. The zero-order chi connectivity index (χ0) is 10.8. The average Bonchev–Trinajstić information content (AvgIpc) is 2.66. The Morgan fingerprint density at radius 3 is 2.53 bits per heavy atom. The molecule has 1 aliphatic heterocycles. The van der Waals surface area contributed by atoms with Gasteiger partial charge >= 0.3 is 0 Å². The van der Waals surface area contributed by atoms with Crippen LogP contribution in [-0.2, 0) is 0 Å². The molecule has 0 amide bonds. The van der Waals surface area contributed by atoms with Crippen LogP contribution >= 0.6 is 23.2 Å². The van der Waals surface area contributed by atoms with Gasteiger partial charge in [-0.25, -0.2) is 0 Å². The lowest BCUT2D eigenvalue weighted by Gasteiger charge is -2.21. The summed E-state index contributed by atoms with van der Waals surface area (Å²) in [5, 5.41) is 1.44. The molecule has 1 unspecified atom stereocenters. The van der Waals surface area contributed by atoms with Gasteiger partial charge in [0.05, 0.1) is 15.7 Å². The second kappa shape index (κ2) is 4.60. The Kier molecular flexibility index (Phi) is 3.39. The first kappa shape index (κ1) is 11.1. The van der Waals surface area contributed by atoms with Crippen LogP contribution in [0.15, 0.2) is 18.2 Å². The van der Waals surface area contributed by atoms with Crippen molar-refractivity contribution in [3.05, 3.63) is 28.2 Å². The molecule has 1 aromatic rings. The van der Waals surface area contributed by atoms with Gasteiger partial charge in [-0.2, -0.15) is 0 Å². The second-order valence-electron chi connectivity index (χ2n) is 3.91. The summed E-state index contributed by atoms with van der Waals surface area (Å²) in [5.74, 6) is 0.567. The van der Waals surface area contributed by atoms with E-state index in [0.717, 1.165) is 41.8 Å². The number of nitrogens with zero attached hydrogens (tertiary/aromatic N) is 1. The van der Waals surface area contributed by atoms with E-state index >= 15 is 0 Å². The molecule has 0 spiro atoms.